The van der Waals surface area contributed by atoms with Gasteiger partial charge in [0.25, 0.3) is 0 Å². The van der Waals surface area contributed by atoms with Gasteiger partial charge in [0.2, 0.25) is 0 Å². The van der Waals surface area contributed by atoms with Crippen LogP contribution in [-0.4, -0.2) is 32.4 Å². The molecule has 0 aliphatic rings. The van der Waals surface area contributed by atoms with E-state index >= 15 is 0 Å². The molecule has 0 aromatic heterocycles. The van der Waals surface area contributed by atoms with E-state index in [1.807, 2.05) is 38.4 Å². The number of hydrogen-bond acceptors (Lipinski definition) is 4. The molecule has 0 spiro atoms. The molecule has 0 unspecified atom stereocenters. The number of para-hydroxylation sites is 1. The Morgan fingerprint density at radius 2 is 1.91 bits per heavy atom. The Kier molecular flexibility index (Phi) is 5.42. The predicted molar refractivity (Wildman–Crippen MR) is 89.8 cm³/mol. The van der Waals surface area contributed by atoms with E-state index in [0.717, 1.165) is 11.1 Å². The van der Waals surface area contributed by atoms with E-state index in [2.05, 4.69) is 30.2 Å². The maximum absolute atomic E-state index is 6.00. The van der Waals surface area contributed by atoms with Gasteiger partial charge in [-0.25, -0.2) is 0 Å². The van der Waals surface area contributed by atoms with E-state index < -0.39 is 0 Å². The summed E-state index contributed by atoms with van der Waals surface area (Å²) in [6.45, 7) is 2.56. The Morgan fingerprint density at radius 1 is 1.14 bits per heavy atom. The molecule has 116 valence electrons. The van der Waals surface area contributed by atoms with Crippen LogP contribution in [0.4, 0.5) is 0 Å². The molecule has 0 radical (unpaired) electrons. The average molecular weight is 298 g/mol. The Labute approximate surface area is 132 Å². The summed E-state index contributed by atoms with van der Waals surface area (Å²) in [5, 5.41) is 6.01. The van der Waals surface area contributed by atoms with Crippen molar-refractivity contribution in [2.75, 3.05) is 21.2 Å². The number of hydrogen-bond donors (Lipinski definition) is 0. The summed E-state index contributed by atoms with van der Waals surface area (Å²) in [6.07, 6.45) is 1.77. The van der Waals surface area contributed by atoms with Crippen molar-refractivity contribution in [1.82, 2.24) is 5.01 Å². The van der Waals surface area contributed by atoms with Gasteiger partial charge in [-0.15, -0.1) is 0 Å². The summed E-state index contributed by atoms with van der Waals surface area (Å²) < 4.78 is 11.4. The first-order chi connectivity index (χ1) is 10.6. The fourth-order valence-electron chi connectivity index (χ4n) is 2.08. The van der Waals surface area contributed by atoms with Gasteiger partial charge in [-0.2, -0.15) is 5.10 Å². The van der Waals surface area contributed by atoms with Crippen LogP contribution in [-0.2, 0) is 6.61 Å². The second kappa shape index (κ2) is 7.50. The molecule has 0 N–H and O–H groups in total. The highest BCUT2D eigenvalue weighted by molar-refractivity contribution is 5.84. The highest BCUT2D eigenvalue weighted by Gasteiger charge is 2.09. The molecule has 0 amide bonds. The van der Waals surface area contributed by atoms with Crippen molar-refractivity contribution in [1.29, 1.82) is 0 Å². The highest BCUT2D eigenvalue weighted by Crippen LogP contribution is 2.30. The summed E-state index contributed by atoms with van der Waals surface area (Å²) in [6, 6.07) is 14.0. The normalized spacial score (nSPS) is 10.7. The quantitative estimate of drug-likeness (QED) is 0.605. The molecule has 4 nitrogen and oxygen atoms in total. The zero-order chi connectivity index (χ0) is 15.9. The minimum atomic E-state index is 0.491. The third-order valence-corrected chi connectivity index (χ3v) is 3.12. The molecule has 2 aromatic rings. The van der Waals surface area contributed by atoms with Crippen molar-refractivity contribution in [3.8, 4) is 11.5 Å². The number of hydrazone groups is 1. The summed E-state index contributed by atoms with van der Waals surface area (Å²) >= 11 is 0. The lowest BCUT2D eigenvalue weighted by molar-refractivity contribution is 0.284. The third-order valence-electron chi connectivity index (χ3n) is 3.12. The maximum Gasteiger partial charge on any atom is 0.170 e. The summed E-state index contributed by atoms with van der Waals surface area (Å²) in [7, 11) is 5.40. The Bertz CT molecular complexity index is 651. The lowest BCUT2D eigenvalue weighted by Gasteiger charge is -2.14. The van der Waals surface area contributed by atoms with Crippen LogP contribution in [0, 0.1) is 6.92 Å². The molecule has 0 atom stereocenters. The number of benzene rings is 2. The van der Waals surface area contributed by atoms with Gasteiger partial charge in [0.1, 0.15) is 6.61 Å². The predicted octanol–water partition coefficient (Wildman–Crippen LogP) is 3.48. The van der Waals surface area contributed by atoms with Crippen molar-refractivity contribution in [2.45, 2.75) is 13.5 Å². The minimum Gasteiger partial charge on any atom is -0.493 e. The first-order valence-electron chi connectivity index (χ1n) is 7.17. The lowest BCUT2D eigenvalue weighted by atomic mass is 10.1. The van der Waals surface area contributed by atoms with Gasteiger partial charge < -0.3 is 14.5 Å². The van der Waals surface area contributed by atoms with Crippen LogP contribution in [0.15, 0.2) is 47.6 Å². The van der Waals surface area contributed by atoms with Crippen molar-refractivity contribution in [2.24, 2.45) is 5.10 Å². The van der Waals surface area contributed by atoms with Crippen LogP contribution in [0.1, 0.15) is 16.7 Å². The van der Waals surface area contributed by atoms with Crippen molar-refractivity contribution < 1.29 is 9.47 Å². The van der Waals surface area contributed by atoms with Crippen LogP contribution >= 0.6 is 0 Å². The first-order valence-corrected chi connectivity index (χ1v) is 7.17. The summed E-state index contributed by atoms with van der Waals surface area (Å²) in [5.41, 5.74) is 3.23. The fraction of sp³-hybridized carbons (Fsp3) is 0.278. The molecule has 0 aliphatic carbocycles. The van der Waals surface area contributed by atoms with Gasteiger partial charge in [0.15, 0.2) is 11.5 Å². The number of ether oxygens (including phenoxy) is 2. The highest BCUT2D eigenvalue weighted by atomic mass is 16.5. The van der Waals surface area contributed by atoms with Gasteiger partial charge in [0.05, 0.1) is 13.3 Å². The number of methoxy groups -OCH3 is 1. The zero-order valence-corrected chi connectivity index (χ0v) is 13.5. The SMILES string of the molecule is COc1cccc(/C=N/N(C)C)c1OCc1cccc(C)c1. The molecule has 0 saturated heterocycles. The van der Waals surface area contributed by atoms with Crippen molar-refractivity contribution in [3.63, 3.8) is 0 Å². The second-order valence-electron chi connectivity index (χ2n) is 5.25. The van der Waals surface area contributed by atoms with E-state index in [-0.39, 0.29) is 0 Å². The molecular weight excluding hydrogens is 276 g/mol. The lowest BCUT2D eigenvalue weighted by Crippen LogP contribution is -2.04. The Balaban J connectivity index is 2.24. The standard InChI is InChI=1S/C18H22N2O2/c1-14-7-5-8-15(11-14)13-22-18-16(12-19-20(2)3)9-6-10-17(18)21-4/h5-12H,13H2,1-4H3/b19-12+. The Morgan fingerprint density at radius 3 is 2.59 bits per heavy atom. The van der Waals surface area contributed by atoms with Crippen LogP contribution in [0.3, 0.4) is 0 Å². The zero-order valence-electron chi connectivity index (χ0n) is 13.5. The van der Waals surface area contributed by atoms with Gasteiger partial charge >= 0.3 is 0 Å². The molecule has 0 saturated carbocycles. The monoisotopic (exact) mass is 298 g/mol. The maximum atomic E-state index is 6.00. The van der Waals surface area contributed by atoms with Gasteiger partial charge in [0, 0.05) is 19.7 Å². The van der Waals surface area contributed by atoms with Gasteiger partial charge in [-0.05, 0) is 24.6 Å². The molecule has 2 rings (SSSR count). The summed E-state index contributed by atoms with van der Waals surface area (Å²) in [4.78, 5) is 0. The smallest absolute Gasteiger partial charge is 0.170 e. The van der Waals surface area contributed by atoms with Gasteiger partial charge in [-0.3, -0.25) is 0 Å². The molecule has 0 fully saturated rings. The van der Waals surface area contributed by atoms with Crippen LogP contribution in [0.25, 0.3) is 0 Å². The van der Waals surface area contributed by atoms with E-state index in [1.165, 1.54) is 5.56 Å². The van der Waals surface area contributed by atoms with E-state index in [0.29, 0.717) is 18.1 Å². The first kappa shape index (κ1) is 15.9. The van der Waals surface area contributed by atoms with Crippen molar-refractivity contribution >= 4 is 6.21 Å². The summed E-state index contributed by atoms with van der Waals surface area (Å²) in [5.74, 6) is 1.41. The number of nitrogens with zero attached hydrogens (tertiary/aromatic N) is 2. The topological polar surface area (TPSA) is 34.1 Å². The van der Waals surface area contributed by atoms with Crippen LogP contribution < -0.4 is 9.47 Å². The van der Waals surface area contributed by atoms with E-state index in [1.54, 1.807) is 18.3 Å². The third kappa shape index (κ3) is 4.25. The number of rotatable bonds is 6. The minimum absolute atomic E-state index is 0.491. The van der Waals surface area contributed by atoms with Crippen LogP contribution in [0.2, 0.25) is 0 Å². The molecule has 22 heavy (non-hydrogen) atoms. The molecule has 2 aromatic carbocycles. The molecule has 0 aliphatic heterocycles. The molecule has 4 heteroatoms. The van der Waals surface area contributed by atoms with Crippen molar-refractivity contribution in [3.05, 3.63) is 59.2 Å². The van der Waals surface area contributed by atoms with Crippen LogP contribution in [0.5, 0.6) is 11.5 Å². The largest absolute Gasteiger partial charge is 0.493 e. The molecular formula is C18H22N2O2. The fourth-order valence-corrected chi connectivity index (χ4v) is 2.08. The van der Waals surface area contributed by atoms with E-state index in [4.69, 9.17) is 9.47 Å². The molecule has 0 bridgehead atoms. The molecule has 0 heterocycles. The number of aryl methyl sites for hydroxylation is 1. The Hall–Kier alpha value is -2.49. The second-order valence-corrected chi connectivity index (χ2v) is 5.25. The van der Waals surface area contributed by atoms with Gasteiger partial charge in [-0.1, -0.05) is 35.9 Å². The average Bonchev–Trinajstić information content (AvgIpc) is 2.51. The van der Waals surface area contributed by atoms with E-state index in [9.17, 15) is 0 Å².